The average Bonchev–Trinajstić information content (AvgIpc) is 3.14. The molecular weight excluding hydrogens is 528 g/mol. The number of imide groups is 1. The quantitative estimate of drug-likeness (QED) is 0.336. The molecule has 3 aromatic rings. The molecule has 0 radical (unpaired) electrons. The Labute approximate surface area is 196 Å². The Hall–Kier alpha value is -2.09. The van der Waals surface area contributed by atoms with Crippen molar-refractivity contribution in [3.05, 3.63) is 91.0 Å². The van der Waals surface area contributed by atoms with Crippen LogP contribution in [0.5, 0.6) is 0 Å². The zero-order valence-corrected chi connectivity index (χ0v) is 20.3. The number of thioether (sulfide) groups is 1. The first kappa shape index (κ1) is 21.2. The summed E-state index contributed by atoms with van der Waals surface area (Å²) in [5.74, 6) is -0.249. The second-order valence-corrected chi connectivity index (χ2v) is 9.86. The van der Waals surface area contributed by atoms with Gasteiger partial charge in [0.2, 0.25) is 0 Å². The largest absolute Gasteiger partial charge is 0.318 e. The molecule has 2 aromatic carbocycles. The molecule has 0 unspecified atom stereocenters. The highest BCUT2D eigenvalue weighted by atomic mass is 79.9. The topological polar surface area (TPSA) is 42.3 Å². The van der Waals surface area contributed by atoms with Crippen LogP contribution in [-0.4, -0.2) is 20.6 Å². The first-order chi connectivity index (χ1) is 14.3. The van der Waals surface area contributed by atoms with E-state index in [-0.39, 0.29) is 17.7 Å². The number of benzene rings is 2. The van der Waals surface area contributed by atoms with Gasteiger partial charge in [0.15, 0.2) is 0 Å². The number of hydrogen-bond donors (Lipinski definition) is 0. The van der Waals surface area contributed by atoms with Crippen molar-refractivity contribution < 1.29 is 9.59 Å². The fourth-order valence-electron chi connectivity index (χ4n) is 3.47. The fourth-order valence-corrected chi connectivity index (χ4v) is 4.83. The van der Waals surface area contributed by atoms with E-state index in [0.29, 0.717) is 4.91 Å². The number of rotatable bonds is 4. The van der Waals surface area contributed by atoms with Gasteiger partial charge in [0, 0.05) is 26.0 Å². The van der Waals surface area contributed by atoms with Crippen LogP contribution in [-0.2, 0) is 11.3 Å². The van der Waals surface area contributed by atoms with Gasteiger partial charge in [-0.15, -0.1) is 0 Å². The Kier molecular flexibility index (Phi) is 6.04. The molecule has 1 aromatic heterocycles. The average molecular weight is 546 g/mol. The smallest absolute Gasteiger partial charge is 0.293 e. The van der Waals surface area contributed by atoms with E-state index in [9.17, 15) is 9.59 Å². The third-order valence-electron chi connectivity index (χ3n) is 4.97. The van der Waals surface area contributed by atoms with Crippen molar-refractivity contribution in [1.82, 2.24) is 9.47 Å². The number of aromatic nitrogens is 1. The van der Waals surface area contributed by atoms with Gasteiger partial charge in [0.05, 0.1) is 11.4 Å². The minimum Gasteiger partial charge on any atom is -0.318 e. The summed E-state index contributed by atoms with van der Waals surface area (Å²) in [5.41, 5.74) is 4.99. The highest BCUT2D eigenvalue weighted by Crippen LogP contribution is 2.35. The van der Waals surface area contributed by atoms with E-state index >= 15 is 0 Å². The minimum atomic E-state index is -0.249. The van der Waals surface area contributed by atoms with Crippen molar-refractivity contribution in [2.45, 2.75) is 20.4 Å². The molecule has 1 aliphatic heterocycles. The predicted molar refractivity (Wildman–Crippen MR) is 129 cm³/mol. The second-order valence-electron chi connectivity index (χ2n) is 7.03. The van der Waals surface area contributed by atoms with Crippen LogP contribution in [0.25, 0.3) is 11.8 Å². The summed E-state index contributed by atoms with van der Waals surface area (Å²) >= 11 is 7.86. The maximum Gasteiger partial charge on any atom is 0.293 e. The SMILES string of the molecule is Cc1cc(/C=C2\SC(=O)N(Cc3ccc(Br)cc3)C2=O)c(C)n1-c1ccc(Br)cc1. The first-order valence-corrected chi connectivity index (χ1v) is 11.7. The third-order valence-corrected chi connectivity index (χ3v) is 6.93. The summed E-state index contributed by atoms with van der Waals surface area (Å²) < 4.78 is 4.12. The lowest BCUT2D eigenvalue weighted by atomic mass is 10.2. The van der Waals surface area contributed by atoms with Crippen LogP contribution in [0.4, 0.5) is 4.79 Å². The van der Waals surface area contributed by atoms with Gasteiger partial charge in [-0.1, -0.05) is 44.0 Å². The molecule has 0 bridgehead atoms. The van der Waals surface area contributed by atoms with E-state index < -0.39 is 0 Å². The van der Waals surface area contributed by atoms with E-state index in [4.69, 9.17) is 0 Å². The molecule has 152 valence electrons. The molecular formula is C23H18Br2N2O2S. The summed E-state index contributed by atoms with van der Waals surface area (Å²) in [4.78, 5) is 27.1. The highest BCUT2D eigenvalue weighted by molar-refractivity contribution is 9.10. The van der Waals surface area contributed by atoms with E-state index in [1.807, 2.05) is 74.5 Å². The monoisotopic (exact) mass is 544 g/mol. The zero-order chi connectivity index (χ0) is 21.4. The molecule has 2 heterocycles. The molecule has 0 spiro atoms. The molecule has 1 fully saturated rings. The minimum absolute atomic E-state index is 0.240. The van der Waals surface area contributed by atoms with Gasteiger partial charge in [-0.3, -0.25) is 14.5 Å². The van der Waals surface area contributed by atoms with Crippen LogP contribution in [0.15, 0.2) is 68.4 Å². The van der Waals surface area contributed by atoms with Crippen LogP contribution in [0.2, 0.25) is 0 Å². The molecule has 7 heteroatoms. The maximum atomic E-state index is 12.9. The van der Waals surface area contributed by atoms with Crippen LogP contribution in [0.3, 0.4) is 0 Å². The van der Waals surface area contributed by atoms with Crippen LogP contribution in [0.1, 0.15) is 22.5 Å². The fraction of sp³-hybridized carbons (Fsp3) is 0.130. The molecule has 0 saturated carbocycles. The standard InChI is InChI=1S/C23H18Br2N2O2S/c1-14-11-17(15(2)27(14)20-9-7-19(25)8-10-20)12-21-22(28)26(23(29)30-21)13-16-3-5-18(24)6-4-16/h3-12H,13H2,1-2H3/b21-12-. The van der Waals surface area contributed by atoms with Crippen molar-refractivity contribution >= 4 is 60.8 Å². The van der Waals surface area contributed by atoms with Crippen molar-refractivity contribution in [2.75, 3.05) is 0 Å². The van der Waals surface area contributed by atoms with E-state index in [1.165, 1.54) is 4.90 Å². The number of aryl methyl sites for hydroxylation is 1. The van der Waals surface area contributed by atoms with Gasteiger partial charge in [-0.25, -0.2) is 0 Å². The summed E-state index contributed by atoms with van der Waals surface area (Å²) in [6.07, 6.45) is 1.82. The molecule has 4 rings (SSSR count). The third kappa shape index (κ3) is 4.19. The molecule has 0 N–H and O–H groups in total. The predicted octanol–water partition coefficient (Wildman–Crippen LogP) is 6.86. The Morgan fingerprint density at radius 2 is 1.53 bits per heavy atom. The van der Waals surface area contributed by atoms with Crippen LogP contribution >= 0.6 is 43.6 Å². The zero-order valence-electron chi connectivity index (χ0n) is 16.4. The Morgan fingerprint density at radius 3 is 2.17 bits per heavy atom. The van der Waals surface area contributed by atoms with Gasteiger partial charge in [0.1, 0.15) is 0 Å². The van der Waals surface area contributed by atoms with Crippen molar-refractivity contribution in [3.63, 3.8) is 0 Å². The molecule has 30 heavy (non-hydrogen) atoms. The number of carbonyl (C=O) groups is 2. The van der Waals surface area contributed by atoms with Gasteiger partial charge < -0.3 is 4.57 Å². The number of hydrogen-bond acceptors (Lipinski definition) is 3. The van der Waals surface area contributed by atoms with Crippen LogP contribution in [0, 0.1) is 13.8 Å². The summed E-state index contributed by atoms with van der Waals surface area (Å²) in [6.45, 7) is 4.33. The molecule has 1 aliphatic rings. The number of amides is 2. The molecule has 0 atom stereocenters. The van der Waals surface area contributed by atoms with Crippen molar-refractivity contribution in [3.8, 4) is 5.69 Å². The summed E-state index contributed by atoms with van der Waals surface area (Å²) in [5, 5.41) is -0.240. The lowest BCUT2D eigenvalue weighted by molar-refractivity contribution is -0.123. The first-order valence-electron chi connectivity index (χ1n) is 9.28. The Balaban J connectivity index is 1.61. The van der Waals surface area contributed by atoms with Gasteiger partial charge in [0.25, 0.3) is 11.1 Å². The van der Waals surface area contributed by atoms with Crippen molar-refractivity contribution in [1.29, 1.82) is 0 Å². The second kappa shape index (κ2) is 8.57. The molecule has 0 aliphatic carbocycles. The number of halogens is 2. The highest BCUT2D eigenvalue weighted by Gasteiger charge is 2.35. The lowest BCUT2D eigenvalue weighted by Crippen LogP contribution is -2.27. The van der Waals surface area contributed by atoms with Gasteiger partial charge in [-0.2, -0.15) is 0 Å². The van der Waals surface area contributed by atoms with E-state index in [0.717, 1.165) is 48.9 Å². The number of carbonyl (C=O) groups excluding carboxylic acids is 2. The van der Waals surface area contributed by atoms with Gasteiger partial charge >= 0.3 is 0 Å². The lowest BCUT2D eigenvalue weighted by Gasteiger charge is -2.12. The Morgan fingerprint density at radius 1 is 0.933 bits per heavy atom. The summed E-state index contributed by atoms with van der Waals surface area (Å²) in [6, 6.07) is 17.7. The van der Waals surface area contributed by atoms with Crippen LogP contribution < -0.4 is 0 Å². The summed E-state index contributed by atoms with van der Waals surface area (Å²) in [7, 11) is 0. The normalized spacial score (nSPS) is 15.5. The van der Waals surface area contributed by atoms with Gasteiger partial charge in [-0.05, 0) is 85.3 Å². The molecule has 4 nitrogen and oxygen atoms in total. The van der Waals surface area contributed by atoms with Crippen molar-refractivity contribution in [2.24, 2.45) is 0 Å². The molecule has 2 amide bonds. The Bertz CT molecular complexity index is 1170. The van der Waals surface area contributed by atoms with E-state index in [1.54, 1.807) is 0 Å². The number of nitrogens with zero attached hydrogens (tertiary/aromatic N) is 2. The maximum absolute atomic E-state index is 12.9. The molecule has 1 saturated heterocycles. The van der Waals surface area contributed by atoms with E-state index in [2.05, 4.69) is 36.4 Å².